The summed E-state index contributed by atoms with van der Waals surface area (Å²) in [5.74, 6) is 0.172. The second kappa shape index (κ2) is 9.66. The van der Waals surface area contributed by atoms with Crippen LogP contribution in [0.5, 0.6) is 5.75 Å². The Balaban J connectivity index is 1.41. The van der Waals surface area contributed by atoms with Crippen LogP contribution in [0, 0.1) is 18.6 Å². The van der Waals surface area contributed by atoms with Gasteiger partial charge in [0.05, 0.1) is 24.3 Å². The second-order valence-corrected chi connectivity index (χ2v) is 11.3. The predicted octanol–water partition coefficient (Wildman–Crippen LogP) is 5.33. The second-order valence-electron chi connectivity index (χ2n) is 8.84. The van der Waals surface area contributed by atoms with Gasteiger partial charge in [-0.2, -0.15) is 15.6 Å². The molecule has 2 aromatic carbocycles. The van der Waals surface area contributed by atoms with Crippen LogP contribution in [0.15, 0.2) is 48.8 Å². The van der Waals surface area contributed by atoms with Crippen LogP contribution in [-0.4, -0.2) is 60.2 Å². The lowest BCUT2D eigenvalue weighted by Gasteiger charge is -2.41. The number of fused-ring (bicyclic) bond motifs is 1. The highest BCUT2D eigenvalue weighted by molar-refractivity contribution is 8.24. The van der Waals surface area contributed by atoms with E-state index < -0.39 is 22.2 Å². The van der Waals surface area contributed by atoms with Gasteiger partial charge >= 0.3 is 0 Å². The molecule has 4 aromatic rings. The molecule has 190 valence electrons. The minimum atomic E-state index is -2.57. The molecular formula is C25H27F2N5O3S. The molecule has 3 N–H and O–H groups in total. The van der Waals surface area contributed by atoms with Gasteiger partial charge in [-0.05, 0) is 36.8 Å². The third-order valence-corrected chi connectivity index (χ3v) is 8.02. The fourth-order valence-corrected chi connectivity index (χ4v) is 5.54. The molecule has 8 nitrogen and oxygen atoms in total. The topological polar surface area (TPSA) is 95.7 Å². The highest BCUT2D eigenvalue weighted by Crippen LogP contribution is 2.40. The molecule has 0 aliphatic carbocycles. The molecule has 0 atom stereocenters. The molecule has 11 heteroatoms. The lowest BCUT2D eigenvalue weighted by molar-refractivity contribution is 0.270. The minimum absolute atomic E-state index is 0.0427. The van der Waals surface area contributed by atoms with Crippen LogP contribution in [0.1, 0.15) is 11.1 Å². The van der Waals surface area contributed by atoms with E-state index in [1.165, 1.54) is 12.1 Å². The summed E-state index contributed by atoms with van der Waals surface area (Å²) in [4.78, 5) is 10.8. The van der Waals surface area contributed by atoms with Gasteiger partial charge in [0.25, 0.3) is 0 Å². The highest BCUT2D eigenvalue weighted by Gasteiger charge is 2.24. The van der Waals surface area contributed by atoms with E-state index in [1.54, 1.807) is 30.1 Å². The quantitative estimate of drug-likeness (QED) is 0.320. The first kappa shape index (κ1) is 24.4. The Morgan fingerprint density at radius 1 is 1.08 bits per heavy atom. The molecule has 0 bridgehead atoms. The van der Waals surface area contributed by atoms with Crippen molar-refractivity contribution in [1.82, 2.24) is 19.4 Å². The lowest BCUT2D eigenvalue weighted by atomic mass is 10.1. The predicted molar refractivity (Wildman–Crippen MR) is 138 cm³/mol. The van der Waals surface area contributed by atoms with Crippen LogP contribution >= 0.6 is 10.6 Å². The summed E-state index contributed by atoms with van der Waals surface area (Å²) in [6.45, 7) is 2.77. The molecular weight excluding hydrogens is 488 g/mol. The van der Waals surface area contributed by atoms with Crippen LogP contribution < -0.4 is 10.1 Å². The molecule has 1 saturated heterocycles. The van der Waals surface area contributed by atoms with Gasteiger partial charge in [-0.25, -0.2) is 13.8 Å². The van der Waals surface area contributed by atoms with Crippen LogP contribution in [0.4, 0.5) is 20.4 Å². The fraction of sp³-hybridized carbons (Fsp3) is 0.280. The first-order valence-electron chi connectivity index (χ1n) is 11.4. The maximum absolute atomic E-state index is 15.1. The maximum atomic E-state index is 15.1. The summed E-state index contributed by atoms with van der Waals surface area (Å²) in [5.41, 5.74) is 2.50. The van der Waals surface area contributed by atoms with E-state index in [4.69, 9.17) is 4.74 Å². The third-order valence-electron chi connectivity index (χ3n) is 6.35. The monoisotopic (exact) mass is 515 g/mol. The first-order chi connectivity index (χ1) is 17.2. The number of hydrogen-bond donors (Lipinski definition) is 3. The average Bonchev–Trinajstić information content (AvgIpc) is 3.27. The number of benzene rings is 2. The summed E-state index contributed by atoms with van der Waals surface area (Å²) in [5, 5.41) is 3.87. The Kier molecular flexibility index (Phi) is 6.56. The molecule has 1 aliphatic heterocycles. The normalized spacial score (nSPS) is 16.7. The molecule has 1 fully saturated rings. The summed E-state index contributed by atoms with van der Waals surface area (Å²) >= 11 is 0. The number of nitrogens with zero attached hydrogens (tertiary/aromatic N) is 4. The Morgan fingerprint density at radius 3 is 2.50 bits per heavy atom. The number of hydrogen-bond acceptors (Lipinski definition) is 7. The smallest absolute Gasteiger partial charge is 0.229 e. The summed E-state index contributed by atoms with van der Waals surface area (Å²) in [6, 6.07) is 10.0. The van der Waals surface area contributed by atoms with Gasteiger partial charge in [0.2, 0.25) is 5.95 Å². The van der Waals surface area contributed by atoms with Gasteiger partial charge in [-0.1, -0.05) is 6.07 Å². The Hall–Kier alpha value is -3.25. The zero-order chi connectivity index (χ0) is 25.4. The zero-order valence-corrected chi connectivity index (χ0v) is 20.7. The Bertz CT molecular complexity index is 1400. The van der Waals surface area contributed by atoms with Crippen LogP contribution in [-0.2, 0) is 6.54 Å². The van der Waals surface area contributed by atoms with E-state index in [1.807, 2.05) is 30.0 Å². The number of methoxy groups -OCH3 is 1. The van der Waals surface area contributed by atoms with Crippen molar-refractivity contribution in [2.75, 3.05) is 37.0 Å². The Labute approximate surface area is 208 Å². The SMILES string of the molecule is COc1cc(Nc2ncc3ccn(-c4cc(F)c(CN5CCS(O)(O)CC5)c(F)c4)c3n2)ccc1C. The van der Waals surface area contributed by atoms with Gasteiger partial charge in [0, 0.05) is 54.7 Å². The fourth-order valence-electron chi connectivity index (χ4n) is 4.24. The number of halogens is 2. The number of ether oxygens (including phenoxy) is 1. The molecule has 36 heavy (non-hydrogen) atoms. The minimum Gasteiger partial charge on any atom is -0.496 e. The molecule has 0 unspecified atom stereocenters. The molecule has 2 aromatic heterocycles. The zero-order valence-electron chi connectivity index (χ0n) is 19.9. The van der Waals surface area contributed by atoms with Crippen LogP contribution in [0.2, 0.25) is 0 Å². The molecule has 0 spiro atoms. The van der Waals surface area contributed by atoms with Crippen molar-refractivity contribution in [2.24, 2.45) is 0 Å². The number of rotatable bonds is 6. The van der Waals surface area contributed by atoms with Crippen molar-refractivity contribution in [3.63, 3.8) is 0 Å². The van der Waals surface area contributed by atoms with Gasteiger partial charge < -0.3 is 14.6 Å². The van der Waals surface area contributed by atoms with Crippen molar-refractivity contribution >= 4 is 33.3 Å². The van der Waals surface area contributed by atoms with E-state index >= 15 is 8.78 Å². The van der Waals surface area contributed by atoms with Gasteiger partial charge in [0.1, 0.15) is 23.0 Å². The van der Waals surface area contributed by atoms with E-state index in [-0.39, 0.29) is 23.6 Å². The van der Waals surface area contributed by atoms with Gasteiger partial charge in [-0.15, -0.1) is 0 Å². The first-order valence-corrected chi connectivity index (χ1v) is 13.3. The molecule has 0 saturated carbocycles. The lowest BCUT2D eigenvalue weighted by Crippen LogP contribution is -2.38. The van der Waals surface area contributed by atoms with E-state index in [0.717, 1.165) is 22.4 Å². The summed E-state index contributed by atoms with van der Waals surface area (Å²) in [6.07, 6.45) is 3.34. The number of nitrogens with one attached hydrogen (secondary N) is 1. The van der Waals surface area contributed by atoms with Crippen molar-refractivity contribution in [2.45, 2.75) is 13.5 Å². The van der Waals surface area contributed by atoms with Crippen LogP contribution in [0.25, 0.3) is 16.7 Å². The summed E-state index contributed by atoms with van der Waals surface area (Å²) in [7, 11) is -0.966. The standard InChI is InChI=1S/C25H27F2N5O3S/c1-16-3-4-18(11-23(16)35-2)29-25-28-14-17-5-6-32(24(17)30-25)19-12-21(26)20(22(27)13-19)15-31-7-9-36(33,34)10-8-31/h3-6,11-14,33-34H,7-10,15H2,1-2H3,(H,28,29,30). The van der Waals surface area contributed by atoms with Crippen molar-refractivity contribution in [1.29, 1.82) is 0 Å². The number of anilines is 2. The molecule has 3 heterocycles. The van der Waals surface area contributed by atoms with E-state index in [9.17, 15) is 9.11 Å². The van der Waals surface area contributed by atoms with Crippen molar-refractivity contribution in [3.8, 4) is 11.4 Å². The van der Waals surface area contributed by atoms with E-state index in [2.05, 4.69) is 15.3 Å². The highest BCUT2D eigenvalue weighted by atomic mass is 32.3. The van der Waals surface area contributed by atoms with Crippen molar-refractivity contribution < 1.29 is 22.6 Å². The van der Waals surface area contributed by atoms with Crippen LogP contribution in [0.3, 0.4) is 0 Å². The largest absolute Gasteiger partial charge is 0.496 e. The number of aromatic nitrogens is 3. The van der Waals surface area contributed by atoms with Crippen molar-refractivity contribution in [3.05, 3.63) is 71.6 Å². The molecule has 0 amide bonds. The summed E-state index contributed by atoms with van der Waals surface area (Å²) < 4.78 is 56.6. The van der Waals surface area contributed by atoms with Gasteiger partial charge in [0.15, 0.2) is 0 Å². The maximum Gasteiger partial charge on any atom is 0.229 e. The molecule has 5 rings (SSSR count). The molecule has 0 radical (unpaired) electrons. The van der Waals surface area contributed by atoms with E-state index in [0.29, 0.717) is 30.4 Å². The third kappa shape index (κ3) is 5.00. The van der Waals surface area contributed by atoms with Gasteiger partial charge in [-0.3, -0.25) is 14.0 Å². The molecule has 1 aliphatic rings. The number of aryl methyl sites for hydroxylation is 1. The Morgan fingerprint density at radius 2 is 1.81 bits per heavy atom. The average molecular weight is 516 g/mol.